The van der Waals surface area contributed by atoms with Gasteiger partial charge in [0.25, 0.3) is 0 Å². The molecule has 4 nitrogen and oxygen atoms in total. The second-order valence-corrected chi connectivity index (χ2v) is 7.84. The highest BCUT2D eigenvalue weighted by Crippen LogP contribution is 2.36. The molecule has 1 fully saturated rings. The lowest BCUT2D eigenvalue weighted by Gasteiger charge is -2.34. The van der Waals surface area contributed by atoms with Crippen molar-refractivity contribution in [1.82, 2.24) is 4.98 Å². The van der Waals surface area contributed by atoms with Crippen molar-refractivity contribution in [2.45, 2.75) is 65.6 Å². The van der Waals surface area contributed by atoms with E-state index in [1.165, 1.54) is 18.4 Å². The van der Waals surface area contributed by atoms with Crippen molar-refractivity contribution in [3.8, 4) is 6.07 Å². The van der Waals surface area contributed by atoms with Crippen molar-refractivity contribution < 1.29 is 4.74 Å². The molecule has 0 unspecified atom stereocenters. The van der Waals surface area contributed by atoms with Crippen molar-refractivity contribution in [2.24, 2.45) is 5.92 Å². The van der Waals surface area contributed by atoms with Crippen molar-refractivity contribution in [2.75, 3.05) is 18.0 Å². The van der Waals surface area contributed by atoms with Gasteiger partial charge in [0.15, 0.2) is 0 Å². The van der Waals surface area contributed by atoms with Crippen LogP contribution in [-0.4, -0.2) is 23.7 Å². The summed E-state index contributed by atoms with van der Waals surface area (Å²) in [6.45, 7) is 11.3. The lowest BCUT2D eigenvalue weighted by atomic mass is 9.86. The SMILES string of the molecule is CC(C)Cc1nc(N2CCCC2)c(C#N)c2c1COC(C)(C)C2. The molecule has 0 N–H and O–H groups in total. The zero-order valence-corrected chi connectivity index (χ0v) is 14.8. The number of fused-ring (bicyclic) bond motifs is 1. The van der Waals surface area contributed by atoms with Gasteiger partial charge in [0.2, 0.25) is 0 Å². The standard InChI is InChI=1S/C19H27N3O/c1-13(2)9-17-16-12-23-19(3,4)10-14(16)15(11-20)18(21-17)22-7-5-6-8-22/h13H,5-10,12H2,1-4H3. The lowest BCUT2D eigenvalue weighted by Crippen LogP contribution is -2.34. The van der Waals surface area contributed by atoms with Crippen LogP contribution < -0.4 is 4.90 Å². The molecule has 0 radical (unpaired) electrons. The van der Waals surface area contributed by atoms with Crippen LogP contribution in [0.15, 0.2) is 0 Å². The number of hydrogen-bond donors (Lipinski definition) is 0. The number of ether oxygens (including phenoxy) is 1. The van der Waals surface area contributed by atoms with Crippen molar-refractivity contribution in [3.05, 3.63) is 22.4 Å². The topological polar surface area (TPSA) is 49.2 Å². The maximum absolute atomic E-state index is 9.82. The van der Waals surface area contributed by atoms with Gasteiger partial charge in [-0.15, -0.1) is 0 Å². The minimum Gasteiger partial charge on any atom is -0.370 e. The summed E-state index contributed by atoms with van der Waals surface area (Å²) in [5.74, 6) is 1.46. The number of nitrogens with zero attached hydrogens (tertiary/aromatic N) is 3. The number of hydrogen-bond acceptors (Lipinski definition) is 4. The van der Waals surface area contributed by atoms with Crippen LogP contribution >= 0.6 is 0 Å². The molecular formula is C19H27N3O. The summed E-state index contributed by atoms with van der Waals surface area (Å²) in [4.78, 5) is 7.25. The van der Waals surface area contributed by atoms with E-state index >= 15 is 0 Å². The Balaban J connectivity index is 2.15. The first-order valence-corrected chi connectivity index (χ1v) is 8.75. The monoisotopic (exact) mass is 313 g/mol. The van der Waals surface area contributed by atoms with Gasteiger partial charge in [0.1, 0.15) is 11.9 Å². The third-order valence-electron chi connectivity index (χ3n) is 4.81. The highest BCUT2D eigenvalue weighted by molar-refractivity contribution is 5.62. The van der Waals surface area contributed by atoms with E-state index in [2.05, 4.69) is 38.7 Å². The predicted octanol–water partition coefficient (Wildman–Crippen LogP) is 3.60. The molecule has 0 atom stereocenters. The Labute approximate surface area is 139 Å². The van der Waals surface area contributed by atoms with Gasteiger partial charge in [-0.2, -0.15) is 5.26 Å². The molecule has 23 heavy (non-hydrogen) atoms. The molecule has 0 amide bonds. The molecule has 0 saturated carbocycles. The van der Waals surface area contributed by atoms with Gasteiger partial charge in [-0.3, -0.25) is 0 Å². The Morgan fingerprint density at radius 2 is 1.96 bits per heavy atom. The van der Waals surface area contributed by atoms with E-state index in [0.29, 0.717) is 12.5 Å². The van der Waals surface area contributed by atoms with Crippen LogP contribution in [0.3, 0.4) is 0 Å². The van der Waals surface area contributed by atoms with Crippen LogP contribution in [0.25, 0.3) is 0 Å². The molecule has 4 heteroatoms. The Hall–Kier alpha value is -1.60. The lowest BCUT2D eigenvalue weighted by molar-refractivity contribution is -0.0407. The van der Waals surface area contributed by atoms with Crippen LogP contribution in [0.2, 0.25) is 0 Å². The van der Waals surface area contributed by atoms with Crippen molar-refractivity contribution in [1.29, 1.82) is 5.26 Å². The van der Waals surface area contributed by atoms with Crippen molar-refractivity contribution in [3.63, 3.8) is 0 Å². The Kier molecular flexibility index (Phi) is 4.33. The summed E-state index contributed by atoms with van der Waals surface area (Å²) in [6.07, 6.45) is 4.12. The summed E-state index contributed by atoms with van der Waals surface area (Å²) in [7, 11) is 0. The fraction of sp³-hybridized carbons (Fsp3) is 0.684. The maximum Gasteiger partial charge on any atom is 0.147 e. The fourth-order valence-corrected chi connectivity index (χ4v) is 3.65. The summed E-state index contributed by atoms with van der Waals surface area (Å²) < 4.78 is 6.02. The van der Waals surface area contributed by atoms with E-state index in [9.17, 15) is 5.26 Å². The number of pyridine rings is 1. The number of anilines is 1. The minimum absolute atomic E-state index is 0.211. The van der Waals surface area contributed by atoms with Crippen LogP contribution in [-0.2, 0) is 24.2 Å². The van der Waals surface area contributed by atoms with Crippen molar-refractivity contribution >= 4 is 5.82 Å². The summed E-state index contributed by atoms with van der Waals surface area (Å²) in [5, 5.41) is 9.82. The van der Waals surface area contributed by atoms with Gasteiger partial charge in [0.05, 0.1) is 17.8 Å². The molecule has 0 bridgehead atoms. The average molecular weight is 313 g/mol. The van der Waals surface area contributed by atoms with Gasteiger partial charge >= 0.3 is 0 Å². The first-order chi connectivity index (χ1) is 10.9. The summed E-state index contributed by atoms with van der Waals surface area (Å²) in [6, 6.07) is 2.46. The smallest absolute Gasteiger partial charge is 0.147 e. The van der Waals surface area contributed by atoms with Crippen LogP contribution in [0.5, 0.6) is 0 Å². The third-order valence-corrected chi connectivity index (χ3v) is 4.81. The molecule has 1 aromatic heterocycles. The number of rotatable bonds is 3. The second kappa shape index (κ2) is 6.13. The molecule has 0 aromatic carbocycles. The van der Waals surface area contributed by atoms with E-state index in [1.54, 1.807) is 0 Å². The zero-order valence-electron chi connectivity index (χ0n) is 14.8. The molecule has 2 aliphatic heterocycles. The summed E-state index contributed by atoms with van der Waals surface area (Å²) >= 11 is 0. The Morgan fingerprint density at radius 3 is 2.57 bits per heavy atom. The Morgan fingerprint density at radius 1 is 1.26 bits per heavy atom. The zero-order chi connectivity index (χ0) is 16.6. The predicted molar refractivity (Wildman–Crippen MR) is 91.5 cm³/mol. The van der Waals surface area contributed by atoms with Gasteiger partial charge in [-0.1, -0.05) is 13.8 Å². The molecule has 0 aliphatic carbocycles. The first kappa shape index (κ1) is 16.3. The highest BCUT2D eigenvalue weighted by Gasteiger charge is 2.33. The van der Waals surface area contributed by atoms with Gasteiger partial charge in [0, 0.05) is 30.8 Å². The van der Waals surface area contributed by atoms with Crippen LogP contribution in [0.1, 0.15) is 62.9 Å². The van der Waals surface area contributed by atoms with Crippen LogP contribution in [0, 0.1) is 17.2 Å². The summed E-state index contributed by atoms with van der Waals surface area (Å²) in [5.41, 5.74) is 4.04. The highest BCUT2D eigenvalue weighted by atomic mass is 16.5. The third kappa shape index (κ3) is 3.21. The Bertz CT molecular complexity index is 637. The van der Waals surface area contributed by atoms with Gasteiger partial charge in [-0.25, -0.2) is 4.98 Å². The molecule has 3 heterocycles. The number of aromatic nitrogens is 1. The normalized spacial score (nSPS) is 19.7. The molecule has 1 saturated heterocycles. The quantitative estimate of drug-likeness (QED) is 0.855. The van der Waals surface area contributed by atoms with Gasteiger partial charge in [-0.05, 0) is 44.6 Å². The first-order valence-electron chi connectivity index (χ1n) is 8.75. The van der Waals surface area contributed by atoms with Gasteiger partial charge < -0.3 is 9.64 Å². The average Bonchev–Trinajstić information content (AvgIpc) is 2.99. The fourth-order valence-electron chi connectivity index (χ4n) is 3.65. The van der Waals surface area contributed by atoms with E-state index in [4.69, 9.17) is 9.72 Å². The van der Waals surface area contributed by atoms with E-state index in [0.717, 1.165) is 48.6 Å². The van der Waals surface area contributed by atoms with E-state index in [1.807, 2.05) is 0 Å². The van der Waals surface area contributed by atoms with E-state index in [-0.39, 0.29) is 5.60 Å². The molecular weight excluding hydrogens is 286 g/mol. The second-order valence-electron chi connectivity index (χ2n) is 7.84. The largest absolute Gasteiger partial charge is 0.370 e. The van der Waals surface area contributed by atoms with E-state index < -0.39 is 0 Å². The minimum atomic E-state index is -0.211. The molecule has 1 aromatic rings. The molecule has 3 rings (SSSR count). The maximum atomic E-state index is 9.82. The number of nitriles is 1. The molecule has 124 valence electrons. The molecule has 2 aliphatic rings. The molecule has 0 spiro atoms. The van der Waals surface area contributed by atoms with Crippen LogP contribution in [0.4, 0.5) is 5.82 Å².